The average molecular weight is 341 g/mol. The molecule has 1 aromatic carbocycles. The summed E-state index contributed by atoms with van der Waals surface area (Å²) in [7, 11) is 0. The topological polar surface area (TPSA) is 59.8 Å². The van der Waals surface area contributed by atoms with Crippen LogP contribution in [0, 0.1) is 0 Å². The summed E-state index contributed by atoms with van der Waals surface area (Å²) in [5, 5.41) is 3.52. The first-order valence-corrected chi connectivity index (χ1v) is 8.06. The van der Waals surface area contributed by atoms with Crippen molar-refractivity contribution >= 4 is 17.5 Å². The third kappa shape index (κ3) is 4.20. The Morgan fingerprint density at radius 2 is 2.17 bits per heavy atom. The van der Waals surface area contributed by atoms with Crippen molar-refractivity contribution < 1.29 is 4.79 Å². The standard InChI is InChI=1S/C18H17ClN4O/c19-16-5-6-17(22-12-16)14-3-1-4-15(11-14)18(24)21-7-2-9-23-10-8-20-13-23/h1,3-6,8,10-13H,2,7,9H2,(H,21,24). The van der Waals surface area contributed by atoms with Gasteiger partial charge in [0.2, 0.25) is 0 Å². The normalized spacial score (nSPS) is 10.5. The minimum atomic E-state index is -0.0866. The molecule has 0 radical (unpaired) electrons. The fraction of sp³-hybridized carbons (Fsp3) is 0.167. The van der Waals surface area contributed by atoms with Crippen LogP contribution >= 0.6 is 11.6 Å². The molecule has 0 bridgehead atoms. The monoisotopic (exact) mass is 340 g/mol. The molecule has 0 unspecified atom stereocenters. The average Bonchev–Trinajstić information content (AvgIpc) is 3.13. The summed E-state index contributed by atoms with van der Waals surface area (Å²) in [5.74, 6) is -0.0866. The smallest absolute Gasteiger partial charge is 0.251 e. The van der Waals surface area contributed by atoms with Crippen LogP contribution in [0.2, 0.25) is 5.02 Å². The second kappa shape index (κ2) is 7.75. The number of hydrogen-bond acceptors (Lipinski definition) is 3. The maximum Gasteiger partial charge on any atom is 0.251 e. The molecular weight excluding hydrogens is 324 g/mol. The Balaban J connectivity index is 1.58. The number of benzene rings is 1. The molecule has 5 nitrogen and oxygen atoms in total. The number of carbonyl (C=O) groups excluding carboxylic acids is 1. The molecule has 1 amide bonds. The first-order valence-electron chi connectivity index (χ1n) is 7.68. The van der Waals surface area contributed by atoms with Crippen LogP contribution in [0.15, 0.2) is 61.3 Å². The summed E-state index contributed by atoms with van der Waals surface area (Å²) in [6.45, 7) is 1.44. The van der Waals surface area contributed by atoms with Gasteiger partial charge in [-0.25, -0.2) is 4.98 Å². The number of halogens is 1. The fourth-order valence-electron chi connectivity index (χ4n) is 2.35. The second-order valence-corrected chi connectivity index (χ2v) is 5.79. The summed E-state index contributed by atoms with van der Waals surface area (Å²) < 4.78 is 1.99. The Kier molecular flexibility index (Phi) is 5.23. The van der Waals surface area contributed by atoms with E-state index in [2.05, 4.69) is 15.3 Å². The van der Waals surface area contributed by atoms with E-state index in [-0.39, 0.29) is 5.91 Å². The van der Waals surface area contributed by atoms with Crippen molar-refractivity contribution in [2.45, 2.75) is 13.0 Å². The largest absolute Gasteiger partial charge is 0.352 e. The van der Waals surface area contributed by atoms with Gasteiger partial charge in [-0.15, -0.1) is 0 Å². The Bertz CT molecular complexity index is 800. The maximum absolute atomic E-state index is 12.3. The van der Waals surface area contributed by atoms with Crippen LogP contribution in [-0.4, -0.2) is 27.0 Å². The third-order valence-corrected chi connectivity index (χ3v) is 3.81. The molecule has 0 atom stereocenters. The van der Waals surface area contributed by atoms with E-state index in [1.807, 2.05) is 35.0 Å². The molecule has 6 heteroatoms. The number of imidazole rings is 1. The molecule has 0 saturated carbocycles. The van der Waals surface area contributed by atoms with Crippen LogP contribution in [0.25, 0.3) is 11.3 Å². The minimum absolute atomic E-state index is 0.0866. The van der Waals surface area contributed by atoms with Gasteiger partial charge in [0.25, 0.3) is 5.91 Å². The SMILES string of the molecule is O=C(NCCCn1ccnc1)c1cccc(-c2ccc(Cl)cn2)c1. The van der Waals surface area contributed by atoms with Crippen molar-refractivity contribution in [2.75, 3.05) is 6.54 Å². The molecular formula is C18H17ClN4O. The van der Waals surface area contributed by atoms with Crippen molar-refractivity contribution in [3.8, 4) is 11.3 Å². The zero-order valence-electron chi connectivity index (χ0n) is 13.0. The van der Waals surface area contributed by atoms with Crippen LogP contribution in [0.5, 0.6) is 0 Å². The molecule has 0 saturated heterocycles. The van der Waals surface area contributed by atoms with Gasteiger partial charge >= 0.3 is 0 Å². The highest BCUT2D eigenvalue weighted by atomic mass is 35.5. The zero-order valence-corrected chi connectivity index (χ0v) is 13.8. The van der Waals surface area contributed by atoms with E-state index >= 15 is 0 Å². The fourth-order valence-corrected chi connectivity index (χ4v) is 2.46. The summed E-state index contributed by atoms with van der Waals surface area (Å²) in [5.41, 5.74) is 2.29. The summed E-state index contributed by atoms with van der Waals surface area (Å²) in [4.78, 5) is 20.5. The number of pyridine rings is 1. The molecule has 1 N–H and O–H groups in total. The summed E-state index contributed by atoms with van der Waals surface area (Å²) in [6.07, 6.45) is 7.87. The number of amides is 1. The molecule has 0 aliphatic carbocycles. The lowest BCUT2D eigenvalue weighted by Crippen LogP contribution is -2.25. The van der Waals surface area contributed by atoms with Gasteiger partial charge in [-0.05, 0) is 30.7 Å². The number of aryl methyl sites for hydroxylation is 1. The van der Waals surface area contributed by atoms with E-state index in [9.17, 15) is 4.79 Å². The molecule has 0 spiro atoms. The predicted octanol–water partition coefficient (Wildman–Crippen LogP) is 3.42. The van der Waals surface area contributed by atoms with Gasteiger partial charge in [-0.3, -0.25) is 9.78 Å². The highest BCUT2D eigenvalue weighted by Gasteiger charge is 2.07. The van der Waals surface area contributed by atoms with Gasteiger partial charge in [0.1, 0.15) is 0 Å². The van der Waals surface area contributed by atoms with Crippen molar-refractivity contribution in [3.63, 3.8) is 0 Å². The van der Waals surface area contributed by atoms with E-state index in [1.165, 1.54) is 0 Å². The Labute approximate surface area is 145 Å². The van der Waals surface area contributed by atoms with E-state index in [4.69, 9.17) is 11.6 Å². The van der Waals surface area contributed by atoms with E-state index < -0.39 is 0 Å². The Hall–Kier alpha value is -2.66. The first kappa shape index (κ1) is 16.2. The van der Waals surface area contributed by atoms with E-state index in [1.54, 1.807) is 30.9 Å². The quantitative estimate of drug-likeness (QED) is 0.699. The van der Waals surface area contributed by atoms with Gasteiger partial charge < -0.3 is 9.88 Å². The number of carbonyl (C=O) groups is 1. The van der Waals surface area contributed by atoms with Crippen LogP contribution in [0.4, 0.5) is 0 Å². The van der Waals surface area contributed by atoms with Gasteiger partial charge in [-0.2, -0.15) is 0 Å². The van der Waals surface area contributed by atoms with Gasteiger partial charge in [0.05, 0.1) is 17.0 Å². The maximum atomic E-state index is 12.3. The first-order chi connectivity index (χ1) is 11.7. The molecule has 0 aliphatic rings. The van der Waals surface area contributed by atoms with Crippen LogP contribution in [0.3, 0.4) is 0 Å². The number of rotatable bonds is 6. The molecule has 0 aliphatic heterocycles. The third-order valence-electron chi connectivity index (χ3n) is 3.59. The molecule has 3 rings (SSSR count). The van der Waals surface area contributed by atoms with Gasteiger partial charge in [0.15, 0.2) is 0 Å². The number of nitrogens with zero attached hydrogens (tertiary/aromatic N) is 3. The van der Waals surface area contributed by atoms with Crippen LogP contribution in [-0.2, 0) is 6.54 Å². The second-order valence-electron chi connectivity index (χ2n) is 5.35. The summed E-state index contributed by atoms with van der Waals surface area (Å²) >= 11 is 5.86. The zero-order chi connectivity index (χ0) is 16.8. The van der Waals surface area contributed by atoms with E-state index in [0.29, 0.717) is 17.1 Å². The molecule has 24 heavy (non-hydrogen) atoms. The molecule has 122 valence electrons. The van der Waals surface area contributed by atoms with E-state index in [0.717, 1.165) is 24.2 Å². The highest BCUT2D eigenvalue weighted by molar-refractivity contribution is 6.30. The van der Waals surface area contributed by atoms with Crippen molar-refractivity contribution in [1.29, 1.82) is 0 Å². The molecule has 3 aromatic rings. The minimum Gasteiger partial charge on any atom is -0.352 e. The lowest BCUT2D eigenvalue weighted by Gasteiger charge is -2.07. The number of aromatic nitrogens is 3. The number of nitrogens with one attached hydrogen (secondary N) is 1. The molecule has 2 aromatic heterocycles. The molecule has 2 heterocycles. The Morgan fingerprint density at radius 1 is 1.25 bits per heavy atom. The number of hydrogen-bond donors (Lipinski definition) is 1. The van der Waals surface area contributed by atoms with Crippen LogP contribution < -0.4 is 5.32 Å². The van der Waals surface area contributed by atoms with Crippen molar-refractivity contribution in [3.05, 3.63) is 71.9 Å². The predicted molar refractivity (Wildman–Crippen MR) is 93.9 cm³/mol. The van der Waals surface area contributed by atoms with Gasteiger partial charge in [-0.1, -0.05) is 23.7 Å². The summed E-state index contributed by atoms with van der Waals surface area (Å²) in [6, 6.07) is 11.0. The van der Waals surface area contributed by atoms with Crippen molar-refractivity contribution in [2.24, 2.45) is 0 Å². The Morgan fingerprint density at radius 3 is 2.92 bits per heavy atom. The van der Waals surface area contributed by atoms with Crippen molar-refractivity contribution in [1.82, 2.24) is 19.9 Å². The lowest BCUT2D eigenvalue weighted by molar-refractivity contribution is 0.0953. The molecule has 0 fully saturated rings. The lowest BCUT2D eigenvalue weighted by atomic mass is 10.1. The highest BCUT2D eigenvalue weighted by Crippen LogP contribution is 2.19. The van der Waals surface area contributed by atoms with Gasteiger partial charge in [0, 0.05) is 42.8 Å². The van der Waals surface area contributed by atoms with Crippen LogP contribution in [0.1, 0.15) is 16.8 Å².